The van der Waals surface area contributed by atoms with E-state index in [1.807, 2.05) is 0 Å². The average molecular weight is 413 g/mol. The van der Waals surface area contributed by atoms with Gasteiger partial charge in [0.25, 0.3) is 5.91 Å². The number of ether oxygens (including phenoxy) is 1. The smallest absolute Gasteiger partial charge is 0.271 e. The summed E-state index contributed by atoms with van der Waals surface area (Å²) in [6.45, 7) is -0.0106. The molecule has 0 saturated carbocycles. The summed E-state index contributed by atoms with van der Waals surface area (Å²) in [5, 5.41) is 3.84. The van der Waals surface area contributed by atoms with Gasteiger partial charge < -0.3 is 9.15 Å². The Morgan fingerprint density at radius 2 is 1.79 bits per heavy atom. The summed E-state index contributed by atoms with van der Waals surface area (Å²) in [6.07, 6.45) is 1.33. The van der Waals surface area contributed by atoms with E-state index in [2.05, 4.69) is 15.2 Å². The summed E-state index contributed by atoms with van der Waals surface area (Å²) in [4.78, 5) is 12.2. The lowest BCUT2D eigenvalue weighted by Gasteiger charge is -2.04. The van der Waals surface area contributed by atoms with Crippen molar-refractivity contribution in [2.75, 3.05) is 7.11 Å². The van der Waals surface area contributed by atoms with Crippen LogP contribution in [-0.2, 0) is 16.6 Å². The van der Waals surface area contributed by atoms with Crippen LogP contribution < -0.4 is 14.9 Å². The van der Waals surface area contributed by atoms with Crippen LogP contribution in [-0.4, -0.2) is 27.6 Å². The molecule has 8 nitrogen and oxygen atoms in total. The number of methoxy groups -OCH3 is 1. The number of amides is 1. The van der Waals surface area contributed by atoms with E-state index in [4.69, 9.17) is 9.15 Å². The summed E-state index contributed by atoms with van der Waals surface area (Å²) < 4.78 is 37.4. The Kier molecular flexibility index (Phi) is 6.43. The third-order valence-corrected chi connectivity index (χ3v) is 5.30. The number of rotatable bonds is 8. The predicted molar refractivity (Wildman–Crippen MR) is 107 cm³/mol. The van der Waals surface area contributed by atoms with Crippen molar-refractivity contribution in [1.29, 1.82) is 0 Å². The minimum absolute atomic E-state index is 0.0106. The number of nitrogens with zero attached hydrogens (tertiary/aromatic N) is 1. The van der Waals surface area contributed by atoms with Crippen molar-refractivity contribution in [2.45, 2.75) is 11.4 Å². The molecule has 0 saturated heterocycles. The molecular weight excluding hydrogens is 394 g/mol. The molecule has 9 heteroatoms. The molecule has 3 aromatic rings. The molecule has 150 valence electrons. The second-order valence-electron chi connectivity index (χ2n) is 5.87. The van der Waals surface area contributed by atoms with Gasteiger partial charge in [-0.2, -0.15) is 5.10 Å². The van der Waals surface area contributed by atoms with Crippen LogP contribution in [0.15, 0.2) is 81.1 Å². The Labute approximate surface area is 168 Å². The van der Waals surface area contributed by atoms with Crippen LogP contribution in [0.4, 0.5) is 0 Å². The van der Waals surface area contributed by atoms with Gasteiger partial charge in [0.05, 0.1) is 24.8 Å². The van der Waals surface area contributed by atoms with Crippen molar-refractivity contribution in [2.24, 2.45) is 5.10 Å². The monoisotopic (exact) mass is 413 g/mol. The highest BCUT2D eigenvalue weighted by molar-refractivity contribution is 7.89. The van der Waals surface area contributed by atoms with Gasteiger partial charge in [0.15, 0.2) is 0 Å². The number of hydrogen-bond acceptors (Lipinski definition) is 6. The minimum atomic E-state index is -3.62. The summed E-state index contributed by atoms with van der Waals surface area (Å²) in [7, 11) is -2.08. The Morgan fingerprint density at radius 3 is 2.48 bits per heavy atom. The standard InChI is InChI=1S/C20H19N3O5S/c1-27-16-9-7-15(8-10-16)20(24)23-21-13-17-11-12-18(28-17)14-22-29(25,26)19-5-3-2-4-6-19/h2-13,22H,14H2,1H3,(H,23,24)/b21-13-. The number of sulfonamides is 1. The van der Waals surface area contributed by atoms with E-state index in [0.717, 1.165) is 0 Å². The maximum absolute atomic E-state index is 12.2. The number of benzene rings is 2. The van der Waals surface area contributed by atoms with Gasteiger partial charge in [0, 0.05) is 5.56 Å². The zero-order chi connectivity index (χ0) is 20.7. The normalized spacial score (nSPS) is 11.5. The lowest BCUT2D eigenvalue weighted by atomic mass is 10.2. The van der Waals surface area contributed by atoms with E-state index in [0.29, 0.717) is 22.8 Å². The molecule has 0 aliphatic heterocycles. The summed E-state index contributed by atoms with van der Waals surface area (Å²) in [6, 6.07) is 17.9. The van der Waals surface area contributed by atoms with E-state index in [1.54, 1.807) is 61.7 Å². The van der Waals surface area contributed by atoms with E-state index in [9.17, 15) is 13.2 Å². The van der Waals surface area contributed by atoms with Crippen molar-refractivity contribution >= 4 is 22.1 Å². The zero-order valence-electron chi connectivity index (χ0n) is 15.5. The largest absolute Gasteiger partial charge is 0.497 e. The number of hydrogen-bond donors (Lipinski definition) is 2. The fourth-order valence-electron chi connectivity index (χ4n) is 2.37. The molecule has 0 atom stereocenters. The number of carbonyl (C=O) groups excluding carboxylic acids is 1. The first kappa shape index (κ1) is 20.3. The van der Waals surface area contributed by atoms with Crippen LogP contribution >= 0.6 is 0 Å². The van der Waals surface area contributed by atoms with Crippen LogP contribution in [0.5, 0.6) is 5.75 Å². The van der Waals surface area contributed by atoms with E-state index in [1.165, 1.54) is 18.3 Å². The van der Waals surface area contributed by atoms with Gasteiger partial charge in [-0.1, -0.05) is 18.2 Å². The molecule has 0 aliphatic rings. The number of nitrogens with one attached hydrogen (secondary N) is 2. The number of furan rings is 1. The molecule has 1 amide bonds. The molecule has 2 aromatic carbocycles. The van der Waals surface area contributed by atoms with Crippen molar-refractivity contribution in [1.82, 2.24) is 10.1 Å². The zero-order valence-corrected chi connectivity index (χ0v) is 16.3. The highest BCUT2D eigenvalue weighted by Crippen LogP contribution is 2.12. The molecule has 29 heavy (non-hydrogen) atoms. The Bertz CT molecular complexity index is 1090. The molecule has 0 fully saturated rings. The molecule has 0 unspecified atom stereocenters. The van der Waals surface area contributed by atoms with E-state index >= 15 is 0 Å². The van der Waals surface area contributed by atoms with Crippen molar-refractivity contribution in [3.05, 3.63) is 83.8 Å². The molecular formula is C20H19N3O5S. The van der Waals surface area contributed by atoms with Gasteiger partial charge in [-0.15, -0.1) is 0 Å². The molecule has 0 radical (unpaired) electrons. The summed E-state index contributed by atoms with van der Waals surface area (Å²) in [5.74, 6) is 1.05. The Balaban J connectivity index is 1.53. The summed E-state index contributed by atoms with van der Waals surface area (Å²) in [5.41, 5.74) is 2.82. The molecule has 3 rings (SSSR count). The van der Waals surface area contributed by atoms with Crippen molar-refractivity contribution < 1.29 is 22.4 Å². The van der Waals surface area contributed by atoms with Gasteiger partial charge in [-0.3, -0.25) is 4.79 Å². The van der Waals surface area contributed by atoms with Gasteiger partial charge in [0.2, 0.25) is 10.0 Å². The van der Waals surface area contributed by atoms with E-state index < -0.39 is 10.0 Å². The topological polar surface area (TPSA) is 110 Å². The molecule has 0 spiro atoms. The third kappa shape index (κ3) is 5.53. The fraction of sp³-hybridized carbons (Fsp3) is 0.100. The quantitative estimate of drug-likeness (QED) is 0.436. The Morgan fingerprint density at radius 1 is 1.07 bits per heavy atom. The van der Waals surface area contributed by atoms with Crippen LogP contribution in [0.1, 0.15) is 21.9 Å². The maximum Gasteiger partial charge on any atom is 0.271 e. The first-order chi connectivity index (χ1) is 14.0. The second kappa shape index (κ2) is 9.18. The number of carbonyl (C=O) groups is 1. The van der Waals surface area contributed by atoms with Crippen molar-refractivity contribution in [3.63, 3.8) is 0 Å². The molecule has 0 bridgehead atoms. The first-order valence-corrected chi connectivity index (χ1v) is 10.1. The summed E-state index contributed by atoms with van der Waals surface area (Å²) >= 11 is 0. The van der Waals surface area contributed by atoms with Gasteiger partial charge >= 0.3 is 0 Å². The van der Waals surface area contributed by atoms with Crippen LogP contribution in [0.3, 0.4) is 0 Å². The number of hydrazone groups is 1. The molecule has 0 aliphatic carbocycles. The lowest BCUT2D eigenvalue weighted by Crippen LogP contribution is -2.22. The van der Waals surface area contributed by atoms with Crippen molar-refractivity contribution in [3.8, 4) is 5.75 Å². The van der Waals surface area contributed by atoms with Gasteiger partial charge in [0.1, 0.15) is 17.3 Å². The van der Waals surface area contributed by atoms with Crippen LogP contribution in [0.2, 0.25) is 0 Å². The highest BCUT2D eigenvalue weighted by atomic mass is 32.2. The van der Waals surface area contributed by atoms with Crippen LogP contribution in [0.25, 0.3) is 0 Å². The molecule has 1 aromatic heterocycles. The molecule has 1 heterocycles. The molecule has 2 N–H and O–H groups in total. The third-order valence-electron chi connectivity index (χ3n) is 3.88. The lowest BCUT2D eigenvalue weighted by molar-refractivity contribution is 0.0955. The maximum atomic E-state index is 12.2. The van der Waals surface area contributed by atoms with Gasteiger partial charge in [-0.25, -0.2) is 18.6 Å². The highest BCUT2D eigenvalue weighted by Gasteiger charge is 2.13. The Hall–Kier alpha value is -3.43. The first-order valence-electron chi connectivity index (χ1n) is 8.59. The van der Waals surface area contributed by atoms with Crippen LogP contribution in [0, 0.1) is 0 Å². The van der Waals surface area contributed by atoms with Gasteiger partial charge in [-0.05, 0) is 48.5 Å². The second-order valence-corrected chi connectivity index (χ2v) is 7.64. The SMILES string of the molecule is COc1ccc(C(=O)N/N=C\c2ccc(CNS(=O)(=O)c3ccccc3)o2)cc1. The minimum Gasteiger partial charge on any atom is -0.497 e. The van der Waals surface area contributed by atoms with E-state index in [-0.39, 0.29) is 17.3 Å². The fourth-order valence-corrected chi connectivity index (χ4v) is 3.38. The predicted octanol–water partition coefficient (Wildman–Crippen LogP) is 2.53. The average Bonchev–Trinajstić information content (AvgIpc) is 3.21.